The number of halogens is 7. The number of carbonyl (C=O) groups excluding carboxylic acids is 1. The molecule has 0 saturated heterocycles. The Balaban J connectivity index is 2.21. The van der Waals surface area contributed by atoms with Gasteiger partial charge in [-0.3, -0.25) is 4.79 Å². The predicted octanol–water partition coefficient (Wildman–Crippen LogP) is 3.03. The van der Waals surface area contributed by atoms with Crippen LogP contribution in [0.3, 0.4) is 0 Å². The van der Waals surface area contributed by atoms with E-state index in [2.05, 4.69) is 4.98 Å². The van der Waals surface area contributed by atoms with E-state index in [-0.39, 0.29) is 6.07 Å². The third-order valence-corrected chi connectivity index (χ3v) is 3.93. The van der Waals surface area contributed by atoms with E-state index in [9.17, 15) is 40.6 Å². The predicted molar refractivity (Wildman–Crippen MR) is 81.0 cm³/mol. The third kappa shape index (κ3) is 4.43. The van der Waals surface area contributed by atoms with Crippen molar-refractivity contribution in [3.63, 3.8) is 0 Å². The highest BCUT2D eigenvalue weighted by atomic mass is 19.4. The third-order valence-electron chi connectivity index (χ3n) is 3.93. The fraction of sp³-hybridized carbons (Fsp3) is 0.375. The average Bonchev–Trinajstić information content (AvgIpc) is 2.98. The lowest BCUT2D eigenvalue weighted by molar-refractivity contribution is -0.271. The smallest absolute Gasteiger partial charge is 0.374 e. The Bertz CT molecular complexity index is 861. The minimum absolute atomic E-state index is 0.210. The average molecular weight is 413 g/mol. The summed E-state index contributed by atoms with van der Waals surface area (Å²) in [6.07, 6.45) is -9.63. The minimum Gasteiger partial charge on any atom is -0.374 e. The normalized spacial score (nSPS) is 14.6. The maximum atomic E-state index is 13.4. The van der Waals surface area contributed by atoms with Gasteiger partial charge in [0.1, 0.15) is 5.82 Å². The molecule has 0 bridgehead atoms. The summed E-state index contributed by atoms with van der Waals surface area (Å²) in [7, 11) is 1.17. The molecule has 0 spiro atoms. The number of amides is 1. The van der Waals surface area contributed by atoms with Gasteiger partial charge in [-0.2, -0.15) is 26.3 Å². The number of aromatic nitrogens is 2. The molecule has 0 aliphatic heterocycles. The van der Waals surface area contributed by atoms with Gasteiger partial charge in [-0.1, -0.05) is 6.07 Å². The number of benzene rings is 1. The highest BCUT2D eigenvalue weighted by Crippen LogP contribution is 2.40. The van der Waals surface area contributed by atoms with Crippen LogP contribution in [-0.4, -0.2) is 26.7 Å². The van der Waals surface area contributed by atoms with Gasteiger partial charge in [0.2, 0.25) is 11.5 Å². The molecule has 28 heavy (non-hydrogen) atoms. The van der Waals surface area contributed by atoms with Gasteiger partial charge in [0.25, 0.3) is 0 Å². The van der Waals surface area contributed by atoms with Crippen molar-refractivity contribution in [2.75, 3.05) is 0 Å². The summed E-state index contributed by atoms with van der Waals surface area (Å²) < 4.78 is 92.8. The lowest BCUT2D eigenvalue weighted by atomic mass is 9.97. The van der Waals surface area contributed by atoms with Crippen LogP contribution in [-0.2, 0) is 30.2 Å². The van der Waals surface area contributed by atoms with E-state index in [0.29, 0.717) is 0 Å². The van der Waals surface area contributed by atoms with E-state index >= 15 is 0 Å². The number of imidazole rings is 1. The van der Waals surface area contributed by atoms with Crippen molar-refractivity contribution in [3.05, 3.63) is 53.4 Å². The van der Waals surface area contributed by atoms with E-state index in [1.807, 2.05) is 5.32 Å². The fourth-order valence-corrected chi connectivity index (χ4v) is 2.53. The molecule has 1 unspecified atom stereocenters. The van der Waals surface area contributed by atoms with Crippen LogP contribution in [0.15, 0.2) is 30.6 Å². The van der Waals surface area contributed by atoms with Crippen molar-refractivity contribution in [1.82, 2.24) is 14.9 Å². The summed E-state index contributed by atoms with van der Waals surface area (Å²) in [4.78, 5) is 15.4. The zero-order valence-electron chi connectivity index (χ0n) is 14.2. The van der Waals surface area contributed by atoms with Crippen LogP contribution < -0.4 is 5.32 Å². The van der Waals surface area contributed by atoms with Gasteiger partial charge in [0.05, 0.1) is 12.0 Å². The lowest BCUT2D eigenvalue weighted by Gasteiger charge is -2.29. The van der Waals surface area contributed by atoms with Crippen molar-refractivity contribution >= 4 is 5.91 Å². The van der Waals surface area contributed by atoms with Crippen LogP contribution in [0, 0.1) is 5.82 Å². The maximum absolute atomic E-state index is 13.4. The Hall–Kier alpha value is -2.63. The minimum atomic E-state index is -5.28. The highest BCUT2D eigenvalue weighted by Gasteiger charge is 2.58. The monoisotopic (exact) mass is 413 g/mol. The molecule has 1 amide bonds. The van der Waals surface area contributed by atoms with E-state index in [0.717, 1.165) is 29.1 Å². The zero-order chi connectivity index (χ0) is 21.3. The second kappa shape index (κ2) is 7.41. The molecule has 1 aromatic carbocycles. The number of hydrogen-bond acceptors (Lipinski definition) is 3. The number of nitrogens with zero attached hydrogens (tertiary/aromatic N) is 2. The van der Waals surface area contributed by atoms with Gasteiger partial charge in [0.15, 0.2) is 5.82 Å². The first kappa shape index (κ1) is 21.7. The molecule has 2 N–H and O–H groups in total. The van der Waals surface area contributed by atoms with Crippen LogP contribution >= 0.6 is 0 Å². The Morgan fingerprint density at radius 3 is 2.36 bits per heavy atom. The number of nitrogens with one attached hydrogen (secondary N) is 1. The lowest BCUT2D eigenvalue weighted by Crippen LogP contribution is -2.47. The van der Waals surface area contributed by atoms with Crippen LogP contribution in [0.4, 0.5) is 30.7 Å². The first-order valence-corrected chi connectivity index (χ1v) is 7.65. The first-order valence-electron chi connectivity index (χ1n) is 7.65. The fourth-order valence-electron chi connectivity index (χ4n) is 2.53. The number of hydrogen-bond donors (Lipinski definition) is 2. The molecule has 0 aliphatic rings. The zero-order valence-corrected chi connectivity index (χ0v) is 14.2. The van der Waals surface area contributed by atoms with Crippen LogP contribution in [0.5, 0.6) is 0 Å². The summed E-state index contributed by atoms with van der Waals surface area (Å²) in [5.41, 5.74) is -5.57. The molecule has 0 fully saturated rings. The number of rotatable bonds is 5. The molecule has 1 atom stereocenters. The van der Waals surface area contributed by atoms with Gasteiger partial charge < -0.3 is 15.0 Å². The topological polar surface area (TPSA) is 67.1 Å². The molecule has 154 valence electrons. The van der Waals surface area contributed by atoms with Gasteiger partial charge in [-0.25, -0.2) is 9.37 Å². The molecule has 5 nitrogen and oxygen atoms in total. The largest absolute Gasteiger partial charge is 0.425 e. The molecule has 0 saturated carbocycles. The number of carbonyl (C=O) groups is 1. The molecule has 2 rings (SSSR count). The van der Waals surface area contributed by atoms with E-state index in [1.165, 1.54) is 7.05 Å². The Labute approximate surface area is 153 Å². The molecule has 1 aromatic heterocycles. The number of aryl methyl sites for hydroxylation is 1. The van der Waals surface area contributed by atoms with Gasteiger partial charge in [0, 0.05) is 26.0 Å². The second-order valence-electron chi connectivity index (χ2n) is 5.97. The van der Waals surface area contributed by atoms with Gasteiger partial charge in [-0.15, -0.1) is 0 Å². The molecular weight excluding hydrogens is 399 g/mol. The van der Waals surface area contributed by atoms with Crippen molar-refractivity contribution < 1.29 is 40.6 Å². The molecule has 0 radical (unpaired) electrons. The van der Waals surface area contributed by atoms with Crippen molar-refractivity contribution in [1.29, 1.82) is 0 Å². The van der Waals surface area contributed by atoms with Crippen molar-refractivity contribution in [2.24, 2.45) is 7.05 Å². The van der Waals surface area contributed by atoms with E-state index < -0.39 is 59.6 Å². The van der Waals surface area contributed by atoms with Crippen LogP contribution in [0.1, 0.15) is 23.4 Å². The van der Waals surface area contributed by atoms with Crippen molar-refractivity contribution in [2.45, 2.75) is 30.9 Å². The molecular formula is C16H14F7N3O2. The highest BCUT2D eigenvalue weighted by molar-refractivity contribution is 5.77. The summed E-state index contributed by atoms with van der Waals surface area (Å²) in [6, 6.07) is 1.69. The van der Waals surface area contributed by atoms with Gasteiger partial charge in [-0.05, 0) is 17.7 Å². The Morgan fingerprint density at radius 1 is 1.21 bits per heavy atom. The molecule has 0 aliphatic carbocycles. The van der Waals surface area contributed by atoms with Crippen LogP contribution in [0.25, 0.3) is 0 Å². The van der Waals surface area contributed by atoms with Crippen LogP contribution in [0.2, 0.25) is 0 Å². The number of alkyl halides is 6. The summed E-state index contributed by atoms with van der Waals surface area (Å²) in [5, 5.41) is 12.0. The summed E-state index contributed by atoms with van der Waals surface area (Å²) >= 11 is 0. The van der Waals surface area contributed by atoms with E-state index in [1.54, 1.807) is 0 Å². The second-order valence-corrected chi connectivity index (χ2v) is 5.97. The molecule has 1 heterocycles. The Morgan fingerprint density at radius 2 is 1.86 bits per heavy atom. The number of aliphatic hydroxyl groups is 1. The summed E-state index contributed by atoms with van der Waals surface area (Å²) in [5.74, 6) is -3.39. The summed E-state index contributed by atoms with van der Waals surface area (Å²) in [6.45, 7) is -0.817. The Kier molecular flexibility index (Phi) is 5.74. The molecule has 12 heteroatoms. The first-order chi connectivity index (χ1) is 12.8. The van der Waals surface area contributed by atoms with Crippen molar-refractivity contribution in [3.8, 4) is 0 Å². The SMILES string of the molecule is Cn1ccnc1C(O)(CC(=O)NCc1ccc(F)cc1C(F)(F)F)C(F)(F)F. The van der Waals surface area contributed by atoms with E-state index in [4.69, 9.17) is 0 Å². The molecule has 2 aromatic rings. The van der Waals surface area contributed by atoms with Gasteiger partial charge >= 0.3 is 12.4 Å². The maximum Gasteiger partial charge on any atom is 0.425 e. The standard InChI is InChI=1S/C16H14F7N3O2/c1-26-5-4-24-13(26)14(28,16(21,22)23)7-12(27)25-8-9-2-3-10(17)6-11(9)15(18,19)20/h2-6,28H,7-8H2,1H3,(H,25,27). The quantitative estimate of drug-likeness (QED) is 0.741.